The van der Waals surface area contributed by atoms with Crippen molar-refractivity contribution in [3.8, 4) is 5.75 Å². The van der Waals surface area contributed by atoms with Crippen molar-refractivity contribution in [2.45, 2.75) is 6.42 Å². The number of aliphatic hydroxyl groups is 1. The van der Waals surface area contributed by atoms with Gasteiger partial charge in [-0.2, -0.15) is 0 Å². The molecule has 0 aliphatic heterocycles. The van der Waals surface area contributed by atoms with Gasteiger partial charge in [0.05, 0.1) is 20.3 Å². The number of guanidine groups is 1. The van der Waals surface area contributed by atoms with E-state index in [1.54, 1.807) is 7.11 Å². The molecule has 0 aliphatic carbocycles. The molecule has 0 saturated carbocycles. The lowest BCUT2D eigenvalue weighted by molar-refractivity contribution is 0.0918. The standard InChI is InChI=1S/C13H21N3O3.HI/c1-18-12-5-3-11(4-6-12)16-13(14)15-7-2-9-19-10-8-17;/h3-6,17H,2,7-10H2,1H3,(H3,14,15,16);1H. The number of methoxy groups -OCH3 is 1. The fourth-order valence-electron chi connectivity index (χ4n) is 1.39. The molecule has 0 heterocycles. The molecule has 0 bridgehead atoms. The summed E-state index contributed by atoms with van der Waals surface area (Å²) in [4.78, 5) is 4.17. The van der Waals surface area contributed by atoms with Gasteiger partial charge >= 0.3 is 0 Å². The Morgan fingerprint density at radius 3 is 2.60 bits per heavy atom. The number of aliphatic imine (C=N–C) groups is 1. The first kappa shape index (κ1) is 18.9. The van der Waals surface area contributed by atoms with E-state index in [1.807, 2.05) is 24.3 Å². The summed E-state index contributed by atoms with van der Waals surface area (Å²) in [5.41, 5.74) is 6.60. The normalized spacial score (nSPS) is 10.8. The molecule has 0 aromatic heterocycles. The van der Waals surface area contributed by atoms with Gasteiger partial charge in [-0.3, -0.25) is 4.99 Å². The Morgan fingerprint density at radius 1 is 1.30 bits per heavy atom. The smallest absolute Gasteiger partial charge is 0.193 e. The zero-order valence-electron chi connectivity index (χ0n) is 11.5. The second-order valence-corrected chi connectivity index (χ2v) is 3.81. The molecule has 0 unspecified atom stereocenters. The van der Waals surface area contributed by atoms with Gasteiger partial charge in [0, 0.05) is 18.8 Å². The largest absolute Gasteiger partial charge is 0.497 e. The molecule has 1 rings (SSSR count). The summed E-state index contributed by atoms with van der Waals surface area (Å²) in [6, 6.07) is 7.42. The Morgan fingerprint density at radius 2 is 2.00 bits per heavy atom. The number of ether oxygens (including phenoxy) is 2. The summed E-state index contributed by atoms with van der Waals surface area (Å²) in [7, 11) is 1.62. The van der Waals surface area contributed by atoms with Gasteiger partial charge in [-0.1, -0.05) is 0 Å². The van der Waals surface area contributed by atoms with E-state index in [1.165, 1.54) is 0 Å². The maximum absolute atomic E-state index is 8.52. The molecule has 6 nitrogen and oxygen atoms in total. The van der Waals surface area contributed by atoms with Crippen LogP contribution in [0.3, 0.4) is 0 Å². The van der Waals surface area contributed by atoms with Crippen LogP contribution < -0.4 is 15.8 Å². The number of rotatable bonds is 8. The zero-order chi connectivity index (χ0) is 13.9. The van der Waals surface area contributed by atoms with E-state index in [9.17, 15) is 0 Å². The van der Waals surface area contributed by atoms with Crippen LogP contribution in [-0.4, -0.2) is 44.5 Å². The highest BCUT2D eigenvalue weighted by atomic mass is 127. The van der Waals surface area contributed by atoms with E-state index in [2.05, 4.69) is 10.3 Å². The number of halogens is 1. The van der Waals surface area contributed by atoms with E-state index >= 15 is 0 Å². The molecule has 0 aliphatic rings. The Kier molecular flexibility index (Phi) is 11.1. The third kappa shape index (κ3) is 8.18. The van der Waals surface area contributed by atoms with E-state index in [4.69, 9.17) is 20.3 Å². The van der Waals surface area contributed by atoms with Gasteiger partial charge in [-0.25, -0.2) is 0 Å². The Balaban J connectivity index is 0.00000361. The second-order valence-electron chi connectivity index (χ2n) is 3.81. The Labute approximate surface area is 136 Å². The van der Waals surface area contributed by atoms with Crippen LogP contribution in [0.1, 0.15) is 6.42 Å². The molecule has 0 saturated heterocycles. The molecular formula is C13H22IN3O3. The van der Waals surface area contributed by atoms with Gasteiger partial charge in [-0.05, 0) is 30.7 Å². The van der Waals surface area contributed by atoms with Crippen molar-refractivity contribution in [3.63, 3.8) is 0 Å². The average Bonchev–Trinajstić information content (AvgIpc) is 2.43. The number of hydrogen-bond acceptors (Lipinski definition) is 4. The molecule has 1 aromatic rings. The van der Waals surface area contributed by atoms with E-state index in [-0.39, 0.29) is 30.6 Å². The van der Waals surface area contributed by atoms with Gasteiger partial charge in [0.25, 0.3) is 0 Å². The molecule has 7 heteroatoms. The molecule has 0 fully saturated rings. The summed E-state index contributed by atoms with van der Waals surface area (Å²) in [6.07, 6.45) is 0.769. The lowest BCUT2D eigenvalue weighted by atomic mass is 10.3. The summed E-state index contributed by atoms with van der Waals surface area (Å²) >= 11 is 0. The number of nitrogens with one attached hydrogen (secondary N) is 1. The fourth-order valence-corrected chi connectivity index (χ4v) is 1.39. The first-order valence-corrected chi connectivity index (χ1v) is 6.16. The average molecular weight is 395 g/mol. The number of hydrogen-bond donors (Lipinski definition) is 3. The van der Waals surface area contributed by atoms with Crippen molar-refractivity contribution in [1.82, 2.24) is 0 Å². The summed E-state index contributed by atoms with van der Waals surface area (Å²) in [6.45, 7) is 1.56. The van der Waals surface area contributed by atoms with Gasteiger partial charge in [0.15, 0.2) is 5.96 Å². The zero-order valence-corrected chi connectivity index (χ0v) is 13.9. The van der Waals surface area contributed by atoms with Gasteiger partial charge in [0.1, 0.15) is 5.75 Å². The second kappa shape index (κ2) is 11.7. The number of nitrogens with zero attached hydrogens (tertiary/aromatic N) is 1. The molecule has 0 radical (unpaired) electrons. The summed E-state index contributed by atoms with van der Waals surface area (Å²) in [5, 5.41) is 11.5. The predicted molar refractivity (Wildman–Crippen MR) is 91.0 cm³/mol. The quantitative estimate of drug-likeness (QED) is 0.268. The topological polar surface area (TPSA) is 89.1 Å². The summed E-state index contributed by atoms with van der Waals surface area (Å²) in [5.74, 6) is 1.16. The molecule has 114 valence electrons. The molecule has 0 spiro atoms. The van der Waals surface area contributed by atoms with Crippen molar-refractivity contribution in [3.05, 3.63) is 24.3 Å². The molecule has 1 aromatic carbocycles. The van der Waals surface area contributed by atoms with Crippen molar-refractivity contribution >= 4 is 35.6 Å². The fraction of sp³-hybridized carbons (Fsp3) is 0.462. The number of anilines is 1. The maximum Gasteiger partial charge on any atom is 0.193 e. The minimum absolute atomic E-state index is 0. The van der Waals surface area contributed by atoms with E-state index < -0.39 is 0 Å². The molecular weight excluding hydrogens is 373 g/mol. The van der Waals surface area contributed by atoms with E-state index in [0.29, 0.717) is 25.7 Å². The molecule has 20 heavy (non-hydrogen) atoms. The van der Waals surface area contributed by atoms with Crippen LogP contribution in [0.4, 0.5) is 5.69 Å². The van der Waals surface area contributed by atoms with Gasteiger partial charge < -0.3 is 25.6 Å². The van der Waals surface area contributed by atoms with Gasteiger partial charge in [-0.15, -0.1) is 24.0 Å². The lowest BCUT2D eigenvalue weighted by Gasteiger charge is -2.06. The number of nitrogens with two attached hydrogens (primary N) is 1. The number of benzene rings is 1. The first-order chi connectivity index (χ1) is 9.26. The van der Waals surface area contributed by atoms with E-state index in [0.717, 1.165) is 17.9 Å². The maximum atomic E-state index is 8.52. The van der Waals surface area contributed by atoms with Crippen LogP contribution in [-0.2, 0) is 4.74 Å². The SMILES string of the molecule is COc1ccc(NC(N)=NCCCOCCO)cc1.I. The highest BCUT2D eigenvalue weighted by Crippen LogP contribution is 2.14. The molecule has 0 atom stereocenters. The van der Waals surface area contributed by atoms with Crippen molar-refractivity contribution in [2.75, 3.05) is 38.8 Å². The predicted octanol–water partition coefficient (Wildman–Crippen LogP) is 1.44. The minimum Gasteiger partial charge on any atom is -0.497 e. The van der Waals surface area contributed by atoms with Crippen molar-refractivity contribution in [2.24, 2.45) is 10.7 Å². The lowest BCUT2D eigenvalue weighted by Crippen LogP contribution is -2.23. The van der Waals surface area contributed by atoms with Crippen LogP contribution in [0, 0.1) is 0 Å². The Hall–Kier alpha value is -1.06. The van der Waals surface area contributed by atoms with Gasteiger partial charge in [0.2, 0.25) is 0 Å². The van der Waals surface area contributed by atoms with Crippen LogP contribution in [0.15, 0.2) is 29.3 Å². The highest BCUT2D eigenvalue weighted by Gasteiger charge is 1.96. The monoisotopic (exact) mass is 395 g/mol. The first-order valence-electron chi connectivity index (χ1n) is 6.16. The molecule has 0 amide bonds. The van der Waals surface area contributed by atoms with Crippen LogP contribution in [0.2, 0.25) is 0 Å². The third-order valence-corrected chi connectivity index (χ3v) is 2.33. The van der Waals surface area contributed by atoms with Crippen molar-refractivity contribution in [1.29, 1.82) is 0 Å². The molecule has 4 N–H and O–H groups in total. The minimum atomic E-state index is 0. The Bertz CT molecular complexity index is 385. The van der Waals surface area contributed by atoms with Crippen molar-refractivity contribution < 1.29 is 14.6 Å². The highest BCUT2D eigenvalue weighted by molar-refractivity contribution is 14.0. The van der Waals surface area contributed by atoms with Crippen LogP contribution in [0.25, 0.3) is 0 Å². The van der Waals surface area contributed by atoms with Crippen LogP contribution >= 0.6 is 24.0 Å². The number of aliphatic hydroxyl groups excluding tert-OH is 1. The van der Waals surface area contributed by atoms with Crippen LogP contribution in [0.5, 0.6) is 5.75 Å². The third-order valence-electron chi connectivity index (χ3n) is 2.33. The summed E-state index contributed by atoms with van der Waals surface area (Å²) < 4.78 is 10.2.